The van der Waals surface area contributed by atoms with E-state index in [0.717, 1.165) is 27.1 Å². The molecule has 1 amide bonds. The molecule has 0 aliphatic carbocycles. The van der Waals surface area contributed by atoms with E-state index in [1.54, 1.807) is 0 Å². The van der Waals surface area contributed by atoms with Crippen LogP contribution in [0.3, 0.4) is 0 Å². The van der Waals surface area contributed by atoms with Gasteiger partial charge in [0.15, 0.2) is 4.80 Å². The van der Waals surface area contributed by atoms with E-state index in [9.17, 15) is 14.9 Å². The third kappa shape index (κ3) is 2.71. The zero-order chi connectivity index (χ0) is 16.7. The molecule has 8 heteroatoms. The normalized spacial score (nSPS) is 12.0. The smallest absolute Gasteiger partial charge is 0.319 e. The van der Waals surface area contributed by atoms with Crippen LogP contribution in [0, 0.1) is 24.0 Å². The third-order valence-corrected chi connectivity index (χ3v) is 5.79. The lowest BCUT2D eigenvalue weighted by Gasteiger charge is -2.03. The van der Waals surface area contributed by atoms with E-state index in [4.69, 9.17) is 0 Å². The highest BCUT2D eigenvalue weighted by Gasteiger charge is 2.15. The van der Waals surface area contributed by atoms with Gasteiger partial charge in [0.1, 0.15) is 4.88 Å². The van der Waals surface area contributed by atoms with Crippen molar-refractivity contribution in [3.05, 3.63) is 55.2 Å². The summed E-state index contributed by atoms with van der Waals surface area (Å²) in [5.41, 5.74) is 3.39. The first-order valence-electron chi connectivity index (χ1n) is 6.77. The highest BCUT2D eigenvalue weighted by Crippen LogP contribution is 2.25. The summed E-state index contributed by atoms with van der Waals surface area (Å²) in [7, 11) is 1.87. The van der Waals surface area contributed by atoms with Gasteiger partial charge in [-0.15, -0.1) is 0 Å². The van der Waals surface area contributed by atoms with E-state index in [1.807, 2.05) is 37.6 Å². The summed E-state index contributed by atoms with van der Waals surface area (Å²) in [6.07, 6.45) is 0. The molecule has 0 radical (unpaired) electrons. The minimum Gasteiger partial charge on any atom is -0.319 e. The van der Waals surface area contributed by atoms with Gasteiger partial charge in [0.05, 0.1) is 15.1 Å². The zero-order valence-corrected chi connectivity index (χ0v) is 14.3. The largest absolute Gasteiger partial charge is 0.324 e. The van der Waals surface area contributed by atoms with Crippen molar-refractivity contribution < 1.29 is 9.72 Å². The quantitative estimate of drug-likeness (QED) is 0.525. The summed E-state index contributed by atoms with van der Waals surface area (Å²) < 4.78 is 2.95. The van der Waals surface area contributed by atoms with Crippen LogP contribution in [0.1, 0.15) is 20.8 Å². The maximum absolute atomic E-state index is 12.2. The number of rotatable bonds is 2. The molecule has 0 N–H and O–H groups in total. The molecule has 0 unspecified atom stereocenters. The molecule has 0 spiro atoms. The van der Waals surface area contributed by atoms with Crippen LogP contribution in [0.2, 0.25) is 0 Å². The number of hydrogen-bond donors (Lipinski definition) is 0. The first kappa shape index (κ1) is 15.6. The lowest BCUT2D eigenvalue weighted by Crippen LogP contribution is -2.13. The van der Waals surface area contributed by atoms with Crippen molar-refractivity contribution in [1.29, 1.82) is 0 Å². The molecule has 0 saturated carbocycles. The number of hydrogen-bond acceptors (Lipinski definition) is 5. The molecule has 1 aromatic carbocycles. The van der Waals surface area contributed by atoms with Crippen LogP contribution in [0.5, 0.6) is 0 Å². The molecule has 0 fully saturated rings. The number of nitrogens with zero attached hydrogens (tertiary/aromatic N) is 3. The van der Waals surface area contributed by atoms with Gasteiger partial charge in [0.25, 0.3) is 5.91 Å². The maximum atomic E-state index is 12.2. The first-order valence-corrected chi connectivity index (χ1v) is 8.41. The van der Waals surface area contributed by atoms with Crippen molar-refractivity contribution in [3.8, 4) is 0 Å². The Bertz CT molecular complexity index is 1010. The van der Waals surface area contributed by atoms with Crippen LogP contribution in [-0.4, -0.2) is 15.4 Å². The first-order chi connectivity index (χ1) is 10.9. The number of fused-ring (bicyclic) bond motifs is 1. The van der Waals surface area contributed by atoms with E-state index in [1.165, 1.54) is 29.0 Å². The molecular weight excluding hydrogens is 334 g/mol. The van der Waals surface area contributed by atoms with Crippen molar-refractivity contribution in [1.82, 2.24) is 4.57 Å². The van der Waals surface area contributed by atoms with Crippen molar-refractivity contribution in [2.24, 2.45) is 12.0 Å². The molecule has 3 aromatic rings. The standard InChI is InChI=1S/C15H13N3O3S2/c1-8-4-5-10-13(9(8)2)17(3)15(23-10)16-14(19)11-6-7-12(22-11)18(20)21/h4-7H,1-3H3. The lowest BCUT2D eigenvalue weighted by molar-refractivity contribution is -0.380. The predicted molar refractivity (Wildman–Crippen MR) is 91.1 cm³/mol. The Morgan fingerprint density at radius 3 is 2.61 bits per heavy atom. The third-order valence-electron chi connectivity index (χ3n) is 3.67. The van der Waals surface area contributed by atoms with Gasteiger partial charge in [-0.05, 0) is 37.1 Å². The van der Waals surface area contributed by atoms with Crippen molar-refractivity contribution in [2.75, 3.05) is 0 Å². The monoisotopic (exact) mass is 347 g/mol. The topological polar surface area (TPSA) is 77.5 Å². The number of nitro groups is 1. The molecule has 0 aliphatic heterocycles. The number of thiazole rings is 1. The van der Waals surface area contributed by atoms with Crippen LogP contribution in [0.4, 0.5) is 5.00 Å². The number of thiophene rings is 1. The maximum Gasteiger partial charge on any atom is 0.324 e. The molecule has 0 saturated heterocycles. The highest BCUT2D eigenvalue weighted by atomic mass is 32.1. The van der Waals surface area contributed by atoms with E-state index < -0.39 is 10.8 Å². The van der Waals surface area contributed by atoms with Crippen LogP contribution in [0.15, 0.2) is 29.3 Å². The molecule has 6 nitrogen and oxygen atoms in total. The number of carbonyl (C=O) groups is 1. The second-order valence-electron chi connectivity index (χ2n) is 5.11. The van der Waals surface area contributed by atoms with Gasteiger partial charge in [-0.3, -0.25) is 14.9 Å². The van der Waals surface area contributed by atoms with Gasteiger partial charge in [-0.2, -0.15) is 4.99 Å². The van der Waals surface area contributed by atoms with Crippen molar-refractivity contribution in [3.63, 3.8) is 0 Å². The Morgan fingerprint density at radius 1 is 1.22 bits per heavy atom. The fourth-order valence-electron chi connectivity index (χ4n) is 2.32. The Balaban J connectivity index is 2.10. The van der Waals surface area contributed by atoms with Gasteiger partial charge in [0.2, 0.25) is 0 Å². The van der Waals surface area contributed by atoms with Gasteiger partial charge < -0.3 is 4.57 Å². The predicted octanol–water partition coefficient (Wildman–Crippen LogP) is 3.57. The molecule has 23 heavy (non-hydrogen) atoms. The minimum atomic E-state index is -0.507. The summed E-state index contributed by atoms with van der Waals surface area (Å²) in [6, 6.07) is 6.83. The number of benzene rings is 1. The second-order valence-corrected chi connectivity index (χ2v) is 7.18. The summed E-state index contributed by atoms with van der Waals surface area (Å²) in [4.78, 5) is 27.4. The van der Waals surface area contributed by atoms with Gasteiger partial charge in [-0.25, -0.2) is 0 Å². The van der Waals surface area contributed by atoms with Crippen molar-refractivity contribution >= 4 is 43.8 Å². The molecule has 0 bridgehead atoms. The lowest BCUT2D eigenvalue weighted by atomic mass is 10.1. The molecule has 3 rings (SSSR count). The van der Waals surface area contributed by atoms with Gasteiger partial charge >= 0.3 is 5.00 Å². The van der Waals surface area contributed by atoms with Gasteiger partial charge in [0, 0.05) is 13.1 Å². The fourth-order valence-corrected chi connectivity index (χ4v) is 4.10. The number of amides is 1. The fraction of sp³-hybridized carbons (Fsp3) is 0.200. The number of aryl methyl sites for hydroxylation is 3. The SMILES string of the molecule is Cc1ccc2sc(=NC(=O)c3ccc([N+](=O)[O-])s3)n(C)c2c1C. The second kappa shape index (κ2) is 5.71. The number of aromatic nitrogens is 1. The molecular formula is C15H13N3O3S2. The molecule has 0 atom stereocenters. The highest BCUT2D eigenvalue weighted by molar-refractivity contribution is 7.17. The van der Waals surface area contributed by atoms with Crippen LogP contribution in [-0.2, 0) is 7.05 Å². The average Bonchev–Trinajstić information content (AvgIpc) is 3.10. The van der Waals surface area contributed by atoms with Crippen LogP contribution < -0.4 is 4.80 Å². The summed E-state index contributed by atoms with van der Waals surface area (Å²) in [5, 5.41) is 10.6. The minimum absolute atomic E-state index is 0.0595. The van der Waals surface area contributed by atoms with E-state index in [2.05, 4.69) is 4.99 Å². The van der Waals surface area contributed by atoms with E-state index in [0.29, 0.717) is 4.80 Å². The average molecular weight is 347 g/mol. The molecule has 0 aliphatic rings. The van der Waals surface area contributed by atoms with E-state index >= 15 is 0 Å². The number of carbonyl (C=O) groups excluding carboxylic acids is 1. The summed E-state index contributed by atoms with van der Waals surface area (Å²) >= 11 is 2.27. The Hall–Kier alpha value is -2.32. The van der Waals surface area contributed by atoms with Crippen LogP contribution in [0.25, 0.3) is 10.2 Å². The zero-order valence-electron chi connectivity index (χ0n) is 12.7. The Labute approximate surface area is 139 Å². The molecule has 2 aromatic heterocycles. The van der Waals surface area contributed by atoms with E-state index in [-0.39, 0.29) is 9.88 Å². The Kier molecular flexibility index (Phi) is 3.87. The molecule has 2 heterocycles. The van der Waals surface area contributed by atoms with Crippen molar-refractivity contribution in [2.45, 2.75) is 13.8 Å². The molecule has 118 valence electrons. The Morgan fingerprint density at radius 2 is 1.96 bits per heavy atom. The summed E-state index contributed by atoms with van der Waals surface area (Å²) in [5.74, 6) is -0.459. The summed E-state index contributed by atoms with van der Waals surface area (Å²) in [6.45, 7) is 4.08. The van der Waals surface area contributed by atoms with Gasteiger partial charge in [-0.1, -0.05) is 28.7 Å². The van der Waals surface area contributed by atoms with Crippen LogP contribution >= 0.6 is 22.7 Å².